The third-order valence-electron chi connectivity index (χ3n) is 3.88. The molecule has 1 aliphatic rings. The predicted octanol–water partition coefficient (Wildman–Crippen LogP) is 4.66. The number of halogens is 3. The van der Waals surface area contributed by atoms with Crippen LogP contribution in [0.3, 0.4) is 0 Å². The van der Waals surface area contributed by atoms with Gasteiger partial charge in [0.15, 0.2) is 17.9 Å². The lowest BCUT2D eigenvalue weighted by Crippen LogP contribution is -2.13. The zero-order chi connectivity index (χ0) is 21.6. The Balaban J connectivity index is 0.000000324. The minimum absolute atomic E-state index is 0. The van der Waals surface area contributed by atoms with E-state index in [9.17, 15) is 27.6 Å². The van der Waals surface area contributed by atoms with E-state index >= 15 is 0 Å². The number of rotatable bonds is 4. The molecular formula is C21H20F3N3O3. The molecule has 9 heteroatoms. The summed E-state index contributed by atoms with van der Waals surface area (Å²) in [5, 5.41) is 0. The highest BCUT2D eigenvalue weighted by Crippen LogP contribution is 2.32. The van der Waals surface area contributed by atoms with Crippen molar-refractivity contribution >= 4 is 23.6 Å². The van der Waals surface area contributed by atoms with Crippen molar-refractivity contribution < 1.29 is 27.6 Å². The molecule has 158 valence electrons. The van der Waals surface area contributed by atoms with Crippen LogP contribution in [0.15, 0.2) is 53.4 Å². The SMILES string of the molecule is C.CC(=O)c1ccc(C2=NC=C(C(F)(F)F)C2)nc1.CC(=O)c1ccc(C=O)nc1. The Morgan fingerprint density at radius 1 is 0.967 bits per heavy atom. The Morgan fingerprint density at radius 2 is 1.53 bits per heavy atom. The Hall–Kier alpha value is -3.49. The number of aliphatic imine (C=N–C) groups is 1. The molecule has 0 spiro atoms. The van der Waals surface area contributed by atoms with Crippen molar-refractivity contribution in [2.24, 2.45) is 4.99 Å². The summed E-state index contributed by atoms with van der Waals surface area (Å²) in [6.07, 6.45) is -0.446. The standard InChI is InChI=1S/C12H9F3N2O.C8H7NO2.CH4/c1-7(18)8-2-3-10(16-5-8)11-4-9(6-17-11)12(13,14)15;1-6(11)7-2-3-8(5-10)9-4-7;/h2-3,5-6H,4H2,1H3;2-5H,1H3;1H4. The van der Waals surface area contributed by atoms with Gasteiger partial charge in [0.2, 0.25) is 0 Å². The molecule has 0 saturated heterocycles. The molecule has 3 rings (SSSR count). The zero-order valence-electron chi connectivity index (χ0n) is 15.5. The number of hydrogen-bond donors (Lipinski definition) is 0. The van der Waals surface area contributed by atoms with Crippen LogP contribution in [0.5, 0.6) is 0 Å². The molecule has 2 aromatic rings. The first-order valence-corrected chi connectivity index (χ1v) is 8.34. The van der Waals surface area contributed by atoms with Crippen LogP contribution in [0.25, 0.3) is 0 Å². The molecule has 3 heterocycles. The van der Waals surface area contributed by atoms with E-state index in [1.165, 1.54) is 44.4 Å². The molecule has 0 radical (unpaired) electrons. The van der Waals surface area contributed by atoms with Crippen LogP contribution in [-0.2, 0) is 0 Å². The summed E-state index contributed by atoms with van der Waals surface area (Å²) in [6, 6.07) is 6.13. The van der Waals surface area contributed by atoms with Crippen LogP contribution >= 0.6 is 0 Å². The van der Waals surface area contributed by atoms with Gasteiger partial charge in [-0.2, -0.15) is 13.2 Å². The molecule has 0 unspecified atom stereocenters. The predicted molar refractivity (Wildman–Crippen MR) is 106 cm³/mol. The van der Waals surface area contributed by atoms with Gasteiger partial charge in [-0.25, -0.2) is 0 Å². The van der Waals surface area contributed by atoms with Gasteiger partial charge in [-0.1, -0.05) is 7.43 Å². The first-order chi connectivity index (χ1) is 13.6. The van der Waals surface area contributed by atoms with E-state index in [0.29, 0.717) is 28.8 Å². The van der Waals surface area contributed by atoms with Gasteiger partial charge >= 0.3 is 6.18 Å². The maximum Gasteiger partial charge on any atom is 0.414 e. The Morgan fingerprint density at radius 3 is 1.90 bits per heavy atom. The molecule has 6 nitrogen and oxygen atoms in total. The lowest BCUT2D eigenvalue weighted by atomic mass is 10.1. The highest BCUT2D eigenvalue weighted by Gasteiger charge is 2.36. The van der Waals surface area contributed by atoms with Gasteiger partial charge in [0.25, 0.3) is 0 Å². The smallest absolute Gasteiger partial charge is 0.296 e. The number of allylic oxidation sites excluding steroid dienone is 1. The van der Waals surface area contributed by atoms with Crippen molar-refractivity contribution in [3.8, 4) is 0 Å². The van der Waals surface area contributed by atoms with Gasteiger partial charge in [-0.15, -0.1) is 0 Å². The minimum atomic E-state index is -4.36. The molecule has 0 atom stereocenters. The number of aldehydes is 1. The van der Waals surface area contributed by atoms with Crippen LogP contribution in [0.4, 0.5) is 13.2 Å². The Kier molecular flexibility index (Phi) is 8.46. The monoisotopic (exact) mass is 419 g/mol. The summed E-state index contributed by atoms with van der Waals surface area (Å²) >= 11 is 0. The van der Waals surface area contributed by atoms with Crippen LogP contribution in [0.1, 0.15) is 64.6 Å². The van der Waals surface area contributed by atoms with E-state index in [1.54, 1.807) is 6.07 Å². The van der Waals surface area contributed by atoms with Gasteiger partial charge < -0.3 is 0 Å². The van der Waals surface area contributed by atoms with Crippen molar-refractivity contribution in [3.05, 3.63) is 70.9 Å². The number of Topliss-reactive ketones (excluding diaryl/α,β-unsaturated/α-hetero) is 2. The summed E-state index contributed by atoms with van der Waals surface area (Å²) in [6.45, 7) is 2.85. The van der Waals surface area contributed by atoms with Crippen LogP contribution < -0.4 is 0 Å². The molecule has 2 aromatic heterocycles. The average molecular weight is 419 g/mol. The van der Waals surface area contributed by atoms with E-state index in [-0.39, 0.29) is 31.1 Å². The molecule has 0 amide bonds. The summed E-state index contributed by atoms with van der Waals surface area (Å²) in [4.78, 5) is 43.3. The van der Waals surface area contributed by atoms with Crippen molar-refractivity contribution in [3.63, 3.8) is 0 Å². The summed E-state index contributed by atoms with van der Waals surface area (Å²) in [7, 11) is 0. The highest BCUT2D eigenvalue weighted by atomic mass is 19.4. The maximum atomic E-state index is 12.4. The fraction of sp³-hybridized carbons (Fsp3) is 0.238. The van der Waals surface area contributed by atoms with Crippen molar-refractivity contribution in [2.45, 2.75) is 33.9 Å². The molecule has 0 saturated carbocycles. The first kappa shape index (κ1) is 24.5. The summed E-state index contributed by atoms with van der Waals surface area (Å²) in [5.74, 6) is -0.188. The second-order valence-corrected chi connectivity index (χ2v) is 6.04. The van der Waals surface area contributed by atoms with E-state index in [1.807, 2.05) is 0 Å². The highest BCUT2D eigenvalue weighted by molar-refractivity contribution is 6.03. The fourth-order valence-electron chi connectivity index (χ4n) is 2.21. The minimum Gasteiger partial charge on any atom is -0.296 e. The number of carbonyl (C=O) groups is 3. The van der Waals surface area contributed by atoms with Crippen molar-refractivity contribution in [2.75, 3.05) is 0 Å². The second-order valence-electron chi connectivity index (χ2n) is 6.04. The number of ketones is 2. The van der Waals surface area contributed by atoms with E-state index in [4.69, 9.17) is 0 Å². The number of aromatic nitrogens is 2. The van der Waals surface area contributed by atoms with Gasteiger partial charge in [0, 0.05) is 36.1 Å². The molecule has 1 aliphatic heterocycles. The molecule has 0 fully saturated rings. The maximum absolute atomic E-state index is 12.4. The fourth-order valence-corrected chi connectivity index (χ4v) is 2.21. The van der Waals surface area contributed by atoms with Crippen molar-refractivity contribution in [1.82, 2.24) is 9.97 Å². The van der Waals surface area contributed by atoms with Gasteiger partial charge in [-0.05, 0) is 38.1 Å². The summed E-state index contributed by atoms with van der Waals surface area (Å²) < 4.78 is 37.2. The number of pyridine rings is 2. The average Bonchev–Trinajstić information content (AvgIpc) is 3.19. The van der Waals surface area contributed by atoms with Gasteiger partial charge in [0.1, 0.15) is 5.69 Å². The zero-order valence-corrected chi connectivity index (χ0v) is 15.5. The van der Waals surface area contributed by atoms with Crippen LogP contribution in [0, 0.1) is 0 Å². The lowest BCUT2D eigenvalue weighted by Gasteiger charge is -2.07. The van der Waals surface area contributed by atoms with Crippen LogP contribution in [-0.4, -0.2) is 39.7 Å². The topological polar surface area (TPSA) is 89.4 Å². The normalized spacial score (nSPS) is 12.6. The third kappa shape index (κ3) is 6.54. The largest absolute Gasteiger partial charge is 0.414 e. The third-order valence-corrected chi connectivity index (χ3v) is 3.88. The van der Waals surface area contributed by atoms with Crippen LogP contribution in [0.2, 0.25) is 0 Å². The van der Waals surface area contributed by atoms with Gasteiger partial charge in [-0.3, -0.25) is 29.3 Å². The van der Waals surface area contributed by atoms with E-state index in [0.717, 1.165) is 6.20 Å². The molecular weight excluding hydrogens is 399 g/mol. The second kappa shape index (κ2) is 10.3. The summed E-state index contributed by atoms with van der Waals surface area (Å²) in [5.41, 5.74) is 1.22. The Bertz CT molecular complexity index is 977. The number of alkyl halides is 3. The lowest BCUT2D eigenvalue weighted by molar-refractivity contribution is -0.0922. The first-order valence-electron chi connectivity index (χ1n) is 8.34. The molecule has 0 aromatic carbocycles. The molecule has 30 heavy (non-hydrogen) atoms. The number of hydrogen-bond acceptors (Lipinski definition) is 6. The molecule has 0 aliphatic carbocycles. The Labute approximate surface area is 171 Å². The number of nitrogens with zero attached hydrogens (tertiary/aromatic N) is 3. The van der Waals surface area contributed by atoms with Crippen molar-refractivity contribution in [1.29, 1.82) is 0 Å². The quantitative estimate of drug-likeness (QED) is 0.531. The van der Waals surface area contributed by atoms with Gasteiger partial charge in [0.05, 0.1) is 17.0 Å². The number of carbonyl (C=O) groups excluding carboxylic acids is 3. The molecule has 0 N–H and O–H groups in total. The molecule has 0 bridgehead atoms. The van der Waals surface area contributed by atoms with E-state index in [2.05, 4.69) is 15.0 Å². The van der Waals surface area contributed by atoms with E-state index < -0.39 is 11.7 Å².